The van der Waals surface area contributed by atoms with Crippen LogP contribution < -0.4 is 4.72 Å². The van der Waals surface area contributed by atoms with E-state index in [2.05, 4.69) is 5.92 Å². The Morgan fingerprint density at radius 3 is 1.88 bits per heavy atom. The first-order valence-electron chi connectivity index (χ1n) is 10.8. The molecule has 1 atom stereocenters. The Morgan fingerprint density at radius 1 is 0.909 bits per heavy atom. The van der Waals surface area contributed by atoms with E-state index in [1.54, 1.807) is 38.1 Å². The summed E-state index contributed by atoms with van der Waals surface area (Å²) in [5, 5.41) is 0. The highest BCUT2D eigenvalue weighted by Gasteiger charge is 2.40. The number of hydrogen-bond donors (Lipinski definition) is 1. The van der Waals surface area contributed by atoms with E-state index in [9.17, 15) is 21.6 Å². The molecule has 0 aliphatic heterocycles. The van der Waals surface area contributed by atoms with Crippen LogP contribution in [-0.4, -0.2) is 33.2 Å². The Hall–Kier alpha value is -2.83. The third-order valence-corrected chi connectivity index (χ3v) is 8.97. The fourth-order valence-corrected chi connectivity index (χ4v) is 6.49. The SMILES string of the molecule is C#CC(C1CCCCC1)N(C(=O)NS(=O)(=O)c1ccc(C)cc1)S(=O)(=O)c1ccc(C)cc1. The summed E-state index contributed by atoms with van der Waals surface area (Å²) in [6.07, 6.45) is 9.80. The number of sulfonamides is 2. The number of amides is 2. The molecule has 0 saturated heterocycles. The second-order valence-electron chi connectivity index (χ2n) is 8.35. The van der Waals surface area contributed by atoms with Crippen LogP contribution in [0.2, 0.25) is 0 Å². The van der Waals surface area contributed by atoms with Crippen molar-refractivity contribution in [2.75, 3.05) is 0 Å². The van der Waals surface area contributed by atoms with Gasteiger partial charge in [0.15, 0.2) is 0 Å². The maximum absolute atomic E-state index is 13.6. The molecule has 1 saturated carbocycles. The van der Waals surface area contributed by atoms with Crippen molar-refractivity contribution in [2.45, 2.75) is 61.8 Å². The van der Waals surface area contributed by atoms with Crippen molar-refractivity contribution in [3.63, 3.8) is 0 Å². The van der Waals surface area contributed by atoms with Gasteiger partial charge in [0.05, 0.1) is 9.79 Å². The highest BCUT2D eigenvalue weighted by atomic mass is 32.2. The molecule has 0 bridgehead atoms. The van der Waals surface area contributed by atoms with Crippen LogP contribution in [0.15, 0.2) is 58.3 Å². The van der Waals surface area contributed by atoms with Crippen LogP contribution in [0.25, 0.3) is 0 Å². The summed E-state index contributed by atoms with van der Waals surface area (Å²) in [4.78, 5) is 13.0. The van der Waals surface area contributed by atoms with Gasteiger partial charge in [-0.1, -0.05) is 60.6 Å². The molecule has 1 fully saturated rings. The van der Waals surface area contributed by atoms with Crippen molar-refractivity contribution < 1.29 is 21.6 Å². The molecule has 0 heterocycles. The van der Waals surface area contributed by atoms with Crippen molar-refractivity contribution in [2.24, 2.45) is 5.92 Å². The lowest BCUT2D eigenvalue weighted by molar-refractivity contribution is 0.202. The van der Waals surface area contributed by atoms with E-state index < -0.39 is 32.1 Å². The summed E-state index contributed by atoms with van der Waals surface area (Å²) in [6.45, 7) is 3.61. The van der Waals surface area contributed by atoms with Crippen LogP contribution >= 0.6 is 0 Å². The molecule has 176 valence electrons. The third-order valence-electron chi connectivity index (χ3n) is 5.85. The van der Waals surface area contributed by atoms with Crippen molar-refractivity contribution in [3.05, 3.63) is 59.7 Å². The molecule has 9 heteroatoms. The molecule has 7 nitrogen and oxygen atoms in total. The third kappa shape index (κ3) is 5.57. The summed E-state index contributed by atoms with van der Waals surface area (Å²) in [6, 6.07) is 9.47. The Morgan fingerprint density at radius 2 is 1.39 bits per heavy atom. The van der Waals surface area contributed by atoms with Gasteiger partial charge < -0.3 is 0 Å². The van der Waals surface area contributed by atoms with E-state index in [-0.39, 0.29) is 15.7 Å². The molecule has 0 radical (unpaired) electrons. The molecule has 2 amide bonds. The predicted octanol–water partition coefficient (Wildman–Crippen LogP) is 3.97. The second-order valence-corrected chi connectivity index (χ2v) is 11.8. The van der Waals surface area contributed by atoms with Crippen molar-refractivity contribution >= 4 is 26.1 Å². The van der Waals surface area contributed by atoms with E-state index in [0.29, 0.717) is 17.1 Å². The van der Waals surface area contributed by atoms with Gasteiger partial charge >= 0.3 is 6.03 Å². The fraction of sp³-hybridized carbons (Fsp3) is 0.375. The Balaban J connectivity index is 2.03. The molecular weight excluding hydrogens is 460 g/mol. The minimum Gasteiger partial charge on any atom is -0.246 e. The zero-order chi connectivity index (χ0) is 24.2. The van der Waals surface area contributed by atoms with Gasteiger partial charge in [0, 0.05) is 0 Å². The zero-order valence-corrected chi connectivity index (χ0v) is 20.3. The smallest absolute Gasteiger partial charge is 0.246 e. The number of hydrogen-bond acceptors (Lipinski definition) is 5. The lowest BCUT2D eigenvalue weighted by Crippen LogP contribution is -2.53. The lowest BCUT2D eigenvalue weighted by Gasteiger charge is -2.34. The average Bonchev–Trinajstić information content (AvgIpc) is 2.78. The minimum absolute atomic E-state index is 0.132. The highest BCUT2D eigenvalue weighted by molar-refractivity contribution is 7.91. The van der Waals surface area contributed by atoms with E-state index in [4.69, 9.17) is 6.42 Å². The molecule has 0 spiro atoms. The number of nitrogens with zero attached hydrogens (tertiary/aromatic N) is 1. The number of terminal acetylenes is 1. The molecule has 33 heavy (non-hydrogen) atoms. The number of aryl methyl sites for hydroxylation is 2. The van der Waals surface area contributed by atoms with Gasteiger partial charge in [0.25, 0.3) is 20.0 Å². The molecule has 1 aliphatic carbocycles. The van der Waals surface area contributed by atoms with E-state index in [0.717, 1.165) is 30.4 Å². The Kier molecular flexibility index (Phi) is 7.50. The zero-order valence-electron chi connectivity index (χ0n) is 18.7. The number of urea groups is 1. The van der Waals surface area contributed by atoms with Crippen LogP contribution in [0.4, 0.5) is 4.79 Å². The van der Waals surface area contributed by atoms with Gasteiger partial charge in [-0.15, -0.1) is 6.42 Å². The predicted molar refractivity (Wildman–Crippen MR) is 126 cm³/mol. The van der Waals surface area contributed by atoms with Crippen molar-refractivity contribution in [1.29, 1.82) is 0 Å². The van der Waals surface area contributed by atoms with E-state index in [1.807, 2.05) is 4.72 Å². The number of rotatable bonds is 6. The highest BCUT2D eigenvalue weighted by Crippen LogP contribution is 2.32. The standard InChI is InChI=1S/C24H28N2O5S2/c1-4-23(20-8-6-5-7-9-20)26(33(30,31)22-16-12-19(3)13-17-22)24(27)25-32(28,29)21-14-10-18(2)11-15-21/h1,10-17,20,23H,5-9H2,2-3H3,(H,25,27). The summed E-state index contributed by atoms with van der Waals surface area (Å²) < 4.78 is 55.3. The molecule has 1 aliphatic rings. The molecule has 1 unspecified atom stereocenters. The van der Waals surface area contributed by atoms with Gasteiger partial charge in [-0.2, -0.15) is 0 Å². The molecule has 1 N–H and O–H groups in total. The molecular formula is C24H28N2O5S2. The summed E-state index contributed by atoms with van der Waals surface area (Å²) in [5.74, 6) is 2.21. The topological polar surface area (TPSA) is 101 Å². The fourth-order valence-electron chi connectivity index (χ4n) is 3.99. The molecule has 2 aromatic carbocycles. The number of carbonyl (C=O) groups is 1. The maximum Gasteiger partial charge on any atom is 0.346 e. The van der Waals surface area contributed by atoms with Gasteiger partial charge in [0.1, 0.15) is 6.04 Å². The van der Waals surface area contributed by atoms with Crippen LogP contribution in [0.3, 0.4) is 0 Å². The monoisotopic (exact) mass is 488 g/mol. The number of carbonyl (C=O) groups excluding carboxylic acids is 1. The quantitative estimate of drug-likeness (QED) is 0.620. The first-order chi connectivity index (χ1) is 15.6. The maximum atomic E-state index is 13.6. The minimum atomic E-state index is -4.42. The van der Waals surface area contributed by atoms with Crippen LogP contribution in [0, 0.1) is 32.1 Å². The van der Waals surface area contributed by atoms with Crippen LogP contribution in [0.5, 0.6) is 0 Å². The van der Waals surface area contributed by atoms with Gasteiger partial charge in [0.2, 0.25) is 0 Å². The van der Waals surface area contributed by atoms with Crippen LogP contribution in [-0.2, 0) is 20.0 Å². The molecule has 2 aromatic rings. The van der Waals surface area contributed by atoms with E-state index >= 15 is 0 Å². The summed E-state index contributed by atoms with van der Waals surface area (Å²) in [7, 11) is -8.74. The summed E-state index contributed by atoms with van der Waals surface area (Å²) >= 11 is 0. The van der Waals surface area contributed by atoms with E-state index in [1.165, 1.54) is 24.3 Å². The molecule has 0 aromatic heterocycles. The van der Waals surface area contributed by atoms with Gasteiger partial charge in [-0.25, -0.2) is 30.7 Å². The number of benzene rings is 2. The average molecular weight is 489 g/mol. The summed E-state index contributed by atoms with van der Waals surface area (Å²) in [5.41, 5.74) is 1.68. The van der Waals surface area contributed by atoms with Crippen LogP contribution in [0.1, 0.15) is 43.2 Å². The largest absolute Gasteiger partial charge is 0.346 e. The first kappa shape index (κ1) is 24.8. The first-order valence-corrected chi connectivity index (χ1v) is 13.7. The molecule has 3 rings (SSSR count). The van der Waals surface area contributed by atoms with Crippen molar-refractivity contribution in [3.8, 4) is 12.3 Å². The number of nitrogens with one attached hydrogen (secondary N) is 1. The second kappa shape index (κ2) is 9.98. The lowest BCUT2D eigenvalue weighted by atomic mass is 9.84. The van der Waals surface area contributed by atoms with Gasteiger partial charge in [-0.3, -0.25) is 0 Å². The van der Waals surface area contributed by atoms with Gasteiger partial charge in [-0.05, 0) is 56.9 Å². The normalized spacial score (nSPS) is 15.9. The Labute approximate surface area is 196 Å². The van der Waals surface area contributed by atoms with Crippen molar-refractivity contribution in [1.82, 2.24) is 9.03 Å². The Bertz CT molecular complexity index is 1240.